The Morgan fingerprint density at radius 2 is 0.591 bits per heavy atom. The van der Waals surface area contributed by atoms with E-state index in [-0.39, 0.29) is 0 Å². The van der Waals surface area contributed by atoms with Crippen LogP contribution in [-0.4, -0.2) is 9.13 Å². The van der Waals surface area contributed by atoms with E-state index in [0.717, 1.165) is 56.5 Å². The molecule has 4 nitrogen and oxygen atoms in total. The summed E-state index contributed by atoms with van der Waals surface area (Å²) in [5.74, 6) is 0. The van der Waals surface area contributed by atoms with Crippen LogP contribution in [0.1, 0.15) is 11.1 Å². The van der Waals surface area contributed by atoms with Gasteiger partial charge in [-0.25, -0.2) is 0 Å². The zero-order valence-corrected chi connectivity index (χ0v) is 36.9. The second-order valence-corrected chi connectivity index (χ2v) is 17.2. The molecule has 0 saturated heterocycles. The Kier molecular flexibility index (Phi) is 9.57. The van der Waals surface area contributed by atoms with Gasteiger partial charge in [0.1, 0.15) is 0 Å². The van der Waals surface area contributed by atoms with Crippen molar-refractivity contribution in [3.63, 3.8) is 0 Å². The summed E-state index contributed by atoms with van der Waals surface area (Å²) in [6.07, 6.45) is 0. The van der Waals surface area contributed by atoms with Gasteiger partial charge in [0.15, 0.2) is 0 Å². The number of hydrogen-bond acceptors (Lipinski definition) is 2. The first kappa shape index (κ1) is 39.0. The normalized spacial score (nSPS) is 11.5. The van der Waals surface area contributed by atoms with E-state index in [2.05, 4.69) is 275 Å². The van der Waals surface area contributed by atoms with Gasteiger partial charge in [-0.15, -0.1) is 0 Å². The maximum absolute atomic E-state index is 2.43. The van der Waals surface area contributed by atoms with Crippen LogP contribution in [0, 0.1) is 13.8 Å². The van der Waals surface area contributed by atoms with Gasteiger partial charge in [0.25, 0.3) is 0 Å². The van der Waals surface area contributed by atoms with Crippen molar-refractivity contribution in [2.75, 3.05) is 9.80 Å². The molecular formula is C62H46N4. The van der Waals surface area contributed by atoms with Gasteiger partial charge in [-0.3, -0.25) is 0 Å². The van der Waals surface area contributed by atoms with Crippen LogP contribution in [0.3, 0.4) is 0 Å². The van der Waals surface area contributed by atoms with Gasteiger partial charge in [0, 0.05) is 67.0 Å². The topological polar surface area (TPSA) is 16.3 Å². The molecular weight excluding hydrogens is 801 g/mol. The van der Waals surface area contributed by atoms with Crippen molar-refractivity contribution in [3.8, 4) is 22.5 Å². The number of aryl methyl sites for hydroxylation is 2. The predicted octanol–water partition coefficient (Wildman–Crippen LogP) is 17.1. The molecule has 2 heterocycles. The third-order valence-corrected chi connectivity index (χ3v) is 13.0. The van der Waals surface area contributed by atoms with E-state index < -0.39 is 0 Å². The Balaban J connectivity index is 1.04. The molecule has 0 amide bonds. The average Bonchev–Trinajstić information content (AvgIpc) is 3.87. The van der Waals surface area contributed by atoms with E-state index in [4.69, 9.17) is 0 Å². The van der Waals surface area contributed by atoms with Crippen LogP contribution in [0.15, 0.2) is 243 Å². The van der Waals surface area contributed by atoms with Crippen molar-refractivity contribution < 1.29 is 0 Å². The maximum Gasteiger partial charge on any atom is 0.0561 e. The van der Waals surface area contributed by atoms with E-state index in [1.807, 2.05) is 0 Å². The zero-order chi connectivity index (χ0) is 44.1. The average molecular weight is 847 g/mol. The summed E-state index contributed by atoms with van der Waals surface area (Å²) in [6.45, 7) is 4.30. The van der Waals surface area contributed by atoms with Crippen LogP contribution in [0.5, 0.6) is 0 Å². The summed E-state index contributed by atoms with van der Waals surface area (Å²) in [7, 11) is 0. The Bertz CT molecular complexity index is 3360. The summed E-state index contributed by atoms with van der Waals surface area (Å²) in [4.78, 5) is 4.68. The SMILES string of the molecule is Cc1ccc(-n2c3ccc(-c4ccc5c(c4)c4ccc(N(c6ccccc6)c6ccccc6)cc4n5-c4ccc(C)cc4)cc3c3ccc(N(c4ccccc4)c4ccccc4)cc32)cc1. The number of hydrogen-bond donors (Lipinski definition) is 0. The minimum absolute atomic E-state index is 1.10. The monoisotopic (exact) mass is 846 g/mol. The molecule has 0 fully saturated rings. The fourth-order valence-electron chi connectivity index (χ4n) is 9.80. The molecule has 0 aliphatic rings. The summed E-state index contributed by atoms with van der Waals surface area (Å²) >= 11 is 0. The number of rotatable bonds is 9. The second-order valence-electron chi connectivity index (χ2n) is 17.2. The lowest BCUT2D eigenvalue weighted by molar-refractivity contribution is 1.17. The van der Waals surface area contributed by atoms with Crippen LogP contribution in [0.2, 0.25) is 0 Å². The summed E-state index contributed by atoms with van der Waals surface area (Å²) in [5, 5.41) is 4.86. The first-order chi connectivity index (χ1) is 32.6. The number of fused-ring (bicyclic) bond motifs is 6. The highest BCUT2D eigenvalue weighted by atomic mass is 15.2. The largest absolute Gasteiger partial charge is 0.310 e. The number of para-hydroxylation sites is 4. The molecule has 12 aromatic rings. The zero-order valence-electron chi connectivity index (χ0n) is 36.9. The highest BCUT2D eigenvalue weighted by molar-refractivity contribution is 6.14. The smallest absolute Gasteiger partial charge is 0.0561 e. The van der Waals surface area contributed by atoms with E-state index in [1.165, 1.54) is 54.8 Å². The highest BCUT2D eigenvalue weighted by Crippen LogP contribution is 2.43. The van der Waals surface area contributed by atoms with Gasteiger partial charge >= 0.3 is 0 Å². The molecule has 0 aliphatic carbocycles. The van der Waals surface area contributed by atoms with E-state index in [1.54, 1.807) is 0 Å². The van der Waals surface area contributed by atoms with Crippen molar-refractivity contribution in [2.24, 2.45) is 0 Å². The lowest BCUT2D eigenvalue weighted by Gasteiger charge is -2.25. The maximum atomic E-state index is 2.43. The van der Waals surface area contributed by atoms with Crippen molar-refractivity contribution in [1.82, 2.24) is 9.13 Å². The van der Waals surface area contributed by atoms with Gasteiger partial charge in [0.2, 0.25) is 0 Å². The fourth-order valence-corrected chi connectivity index (χ4v) is 9.80. The van der Waals surface area contributed by atoms with Gasteiger partial charge in [-0.1, -0.05) is 132 Å². The minimum atomic E-state index is 1.10. The quantitative estimate of drug-likeness (QED) is 0.144. The standard InChI is InChI=1S/C62H46N4/c1-43-23-29-51(30-24-43)65-59-37-27-45(39-57(59)55-35-33-53(41-61(55)65)63(47-15-7-3-8-16-47)48-17-9-4-10-18-48)46-28-38-60-58(40-46)56-36-34-54(42-62(56)66(60)52-31-25-44(2)26-32-52)64(49-19-11-5-12-20-49)50-21-13-6-14-22-50/h3-42H,1-2H3. The number of anilines is 6. The molecule has 0 spiro atoms. The van der Waals surface area contributed by atoms with Gasteiger partial charge < -0.3 is 18.9 Å². The Labute approximate surface area is 385 Å². The van der Waals surface area contributed by atoms with Gasteiger partial charge in [0.05, 0.1) is 22.1 Å². The molecule has 0 radical (unpaired) electrons. The molecule has 66 heavy (non-hydrogen) atoms. The van der Waals surface area contributed by atoms with Crippen LogP contribution >= 0.6 is 0 Å². The van der Waals surface area contributed by atoms with Crippen molar-refractivity contribution >= 4 is 77.7 Å². The van der Waals surface area contributed by atoms with Crippen LogP contribution in [0.25, 0.3) is 66.1 Å². The molecule has 0 unspecified atom stereocenters. The molecule has 0 bridgehead atoms. The van der Waals surface area contributed by atoms with E-state index in [9.17, 15) is 0 Å². The van der Waals surface area contributed by atoms with Crippen molar-refractivity contribution in [3.05, 3.63) is 254 Å². The van der Waals surface area contributed by atoms with Crippen LogP contribution < -0.4 is 9.80 Å². The van der Waals surface area contributed by atoms with Gasteiger partial charge in [-0.2, -0.15) is 0 Å². The third kappa shape index (κ3) is 6.79. The Morgan fingerprint density at radius 1 is 0.258 bits per heavy atom. The third-order valence-electron chi connectivity index (χ3n) is 13.0. The van der Waals surface area contributed by atoms with E-state index >= 15 is 0 Å². The van der Waals surface area contributed by atoms with Crippen molar-refractivity contribution in [2.45, 2.75) is 13.8 Å². The van der Waals surface area contributed by atoms with Crippen LogP contribution in [-0.2, 0) is 0 Å². The number of benzene rings is 10. The summed E-state index contributed by atoms with van der Waals surface area (Å²) < 4.78 is 4.85. The molecule has 4 heteroatoms. The molecule has 0 saturated carbocycles. The Hall–Kier alpha value is -8.60. The van der Waals surface area contributed by atoms with E-state index in [0.29, 0.717) is 0 Å². The molecule has 2 aromatic heterocycles. The molecule has 10 aromatic carbocycles. The molecule has 12 rings (SSSR count). The lowest BCUT2D eigenvalue weighted by Crippen LogP contribution is -2.09. The van der Waals surface area contributed by atoms with Gasteiger partial charge in [-0.05, 0) is 146 Å². The molecule has 0 atom stereocenters. The lowest BCUT2D eigenvalue weighted by atomic mass is 10.0. The number of aromatic nitrogens is 2. The first-order valence-electron chi connectivity index (χ1n) is 22.7. The van der Waals surface area contributed by atoms with Crippen LogP contribution in [0.4, 0.5) is 34.1 Å². The fraction of sp³-hybridized carbons (Fsp3) is 0.0323. The first-order valence-corrected chi connectivity index (χ1v) is 22.7. The van der Waals surface area contributed by atoms with Crippen molar-refractivity contribution in [1.29, 1.82) is 0 Å². The molecule has 0 aliphatic heterocycles. The minimum Gasteiger partial charge on any atom is -0.310 e. The molecule has 314 valence electrons. The highest BCUT2D eigenvalue weighted by Gasteiger charge is 2.21. The molecule has 0 N–H and O–H groups in total. The summed E-state index contributed by atoms with van der Waals surface area (Å²) in [5.41, 5.74) is 18.4. The second kappa shape index (κ2) is 16.2. The predicted molar refractivity (Wildman–Crippen MR) is 279 cm³/mol. The Morgan fingerprint density at radius 3 is 0.924 bits per heavy atom. The number of nitrogens with zero attached hydrogens (tertiary/aromatic N) is 4. The summed E-state index contributed by atoms with van der Waals surface area (Å²) in [6, 6.07) is 88.2.